The van der Waals surface area contributed by atoms with Crippen molar-refractivity contribution in [3.63, 3.8) is 0 Å². The number of carbonyl (C=O) groups excluding carboxylic acids is 3. The molecule has 1 aromatic heterocycles. The fourth-order valence-corrected chi connectivity index (χ4v) is 2.06. The van der Waals surface area contributed by atoms with Gasteiger partial charge in [0.05, 0.1) is 11.9 Å². The maximum atomic E-state index is 12.0. The number of pyridine rings is 1. The molecule has 2 heterocycles. The van der Waals surface area contributed by atoms with E-state index in [0.29, 0.717) is 25.1 Å². The third-order valence-electron chi connectivity index (χ3n) is 2.96. The maximum absolute atomic E-state index is 12.0. The van der Waals surface area contributed by atoms with E-state index in [2.05, 4.69) is 10.3 Å². The van der Waals surface area contributed by atoms with Crippen LogP contribution in [0, 0.1) is 0 Å². The Hall–Kier alpha value is -2.44. The van der Waals surface area contributed by atoms with E-state index < -0.39 is 23.8 Å². The van der Waals surface area contributed by atoms with Gasteiger partial charge >= 0.3 is 11.8 Å². The van der Waals surface area contributed by atoms with Crippen LogP contribution in [0.4, 0.5) is 5.69 Å². The molecule has 2 rings (SSSR count). The second kappa shape index (κ2) is 5.47. The lowest BCUT2D eigenvalue weighted by molar-refractivity contribution is -0.145. The summed E-state index contributed by atoms with van der Waals surface area (Å²) in [6.45, 7) is 0.368. The number of primary amides is 1. The van der Waals surface area contributed by atoms with Crippen LogP contribution >= 0.6 is 0 Å². The molecule has 0 radical (unpaired) electrons. The molecular weight excluding hydrogens is 248 g/mol. The second-order valence-corrected chi connectivity index (χ2v) is 4.25. The van der Waals surface area contributed by atoms with Gasteiger partial charge in [0, 0.05) is 12.7 Å². The molecule has 1 aromatic rings. The van der Waals surface area contributed by atoms with Gasteiger partial charge in [-0.3, -0.25) is 19.4 Å². The van der Waals surface area contributed by atoms with E-state index >= 15 is 0 Å². The number of rotatable bonds is 2. The highest BCUT2D eigenvalue weighted by atomic mass is 16.2. The molecule has 1 saturated heterocycles. The summed E-state index contributed by atoms with van der Waals surface area (Å²) < 4.78 is 0. The van der Waals surface area contributed by atoms with Gasteiger partial charge in [0.1, 0.15) is 6.04 Å². The molecule has 1 aliphatic heterocycles. The monoisotopic (exact) mass is 262 g/mol. The van der Waals surface area contributed by atoms with Crippen LogP contribution < -0.4 is 11.1 Å². The van der Waals surface area contributed by atoms with Gasteiger partial charge in [0.2, 0.25) is 5.91 Å². The fraction of sp³-hybridized carbons (Fsp3) is 0.333. The minimum absolute atomic E-state index is 0.368. The number of hydrogen-bond donors (Lipinski definition) is 2. The first kappa shape index (κ1) is 13.0. The van der Waals surface area contributed by atoms with Crippen LogP contribution in [0.2, 0.25) is 0 Å². The van der Waals surface area contributed by atoms with Gasteiger partial charge in [-0.2, -0.15) is 0 Å². The third kappa shape index (κ3) is 2.87. The second-order valence-electron chi connectivity index (χ2n) is 4.25. The minimum atomic E-state index is -0.791. The highest BCUT2D eigenvalue weighted by Crippen LogP contribution is 2.17. The quantitative estimate of drug-likeness (QED) is 0.700. The highest BCUT2D eigenvalue weighted by molar-refractivity contribution is 6.39. The van der Waals surface area contributed by atoms with Crippen molar-refractivity contribution in [3.05, 3.63) is 24.5 Å². The van der Waals surface area contributed by atoms with Gasteiger partial charge in [-0.25, -0.2) is 0 Å². The summed E-state index contributed by atoms with van der Waals surface area (Å²) in [6, 6.07) is 2.57. The molecule has 3 N–H and O–H groups in total. The minimum Gasteiger partial charge on any atom is -0.368 e. The predicted molar refractivity (Wildman–Crippen MR) is 66.8 cm³/mol. The Morgan fingerprint density at radius 3 is 2.84 bits per heavy atom. The zero-order valence-corrected chi connectivity index (χ0v) is 10.2. The number of hydrogen-bond acceptors (Lipinski definition) is 4. The lowest BCUT2D eigenvalue weighted by Gasteiger charge is -2.21. The number of carbonyl (C=O) groups is 3. The van der Waals surface area contributed by atoms with Gasteiger partial charge in [-0.05, 0) is 25.0 Å². The van der Waals surface area contributed by atoms with Crippen LogP contribution in [-0.2, 0) is 14.4 Å². The average Bonchev–Trinajstić information content (AvgIpc) is 2.88. The predicted octanol–water partition coefficient (Wildman–Crippen LogP) is -0.504. The number of anilines is 1. The fourth-order valence-electron chi connectivity index (χ4n) is 2.06. The van der Waals surface area contributed by atoms with Crippen LogP contribution in [0.3, 0.4) is 0 Å². The molecule has 1 aliphatic rings. The smallest absolute Gasteiger partial charge is 0.313 e. The SMILES string of the molecule is NC(=O)C1CCCN1C(=O)C(=O)Nc1cccnc1. The number of nitrogens with two attached hydrogens (primary N) is 1. The molecule has 0 aliphatic carbocycles. The van der Waals surface area contributed by atoms with Gasteiger partial charge in [0.15, 0.2) is 0 Å². The summed E-state index contributed by atoms with van der Waals surface area (Å²) in [5.41, 5.74) is 5.63. The van der Waals surface area contributed by atoms with Crippen molar-refractivity contribution >= 4 is 23.4 Å². The van der Waals surface area contributed by atoms with E-state index in [1.165, 1.54) is 11.1 Å². The Kier molecular flexibility index (Phi) is 3.74. The summed E-state index contributed by atoms with van der Waals surface area (Å²) in [6.07, 6.45) is 4.16. The molecule has 100 valence electrons. The third-order valence-corrected chi connectivity index (χ3v) is 2.96. The lowest BCUT2D eigenvalue weighted by atomic mass is 10.2. The molecule has 3 amide bonds. The molecule has 7 heteroatoms. The molecule has 0 bridgehead atoms. The lowest BCUT2D eigenvalue weighted by Crippen LogP contribution is -2.47. The molecule has 0 saturated carbocycles. The van der Waals surface area contributed by atoms with E-state index in [4.69, 9.17) is 5.73 Å². The molecule has 1 fully saturated rings. The summed E-state index contributed by atoms with van der Waals surface area (Å²) in [7, 11) is 0. The first-order chi connectivity index (χ1) is 9.09. The molecule has 1 atom stereocenters. The summed E-state index contributed by atoms with van der Waals surface area (Å²) in [5, 5.41) is 2.43. The van der Waals surface area contributed by atoms with Crippen molar-refractivity contribution in [2.24, 2.45) is 5.73 Å². The Labute approximate surface area is 109 Å². The number of nitrogens with one attached hydrogen (secondary N) is 1. The van der Waals surface area contributed by atoms with Gasteiger partial charge in [-0.1, -0.05) is 0 Å². The van der Waals surface area contributed by atoms with Gasteiger partial charge in [-0.15, -0.1) is 0 Å². The van der Waals surface area contributed by atoms with Crippen LogP contribution in [0.25, 0.3) is 0 Å². The molecule has 7 nitrogen and oxygen atoms in total. The highest BCUT2D eigenvalue weighted by Gasteiger charge is 2.35. The van der Waals surface area contributed by atoms with E-state index in [1.54, 1.807) is 18.3 Å². The summed E-state index contributed by atoms with van der Waals surface area (Å²) in [5.74, 6) is -2.12. The standard InChI is InChI=1S/C12H14N4O3/c13-10(17)9-4-2-6-16(9)12(19)11(18)15-8-3-1-5-14-7-8/h1,3,5,7,9H,2,4,6H2,(H2,13,17)(H,15,18). The van der Waals surface area contributed by atoms with Crippen LogP contribution in [0.5, 0.6) is 0 Å². The van der Waals surface area contributed by atoms with Gasteiger partial charge in [0.25, 0.3) is 0 Å². The largest absolute Gasteiger partial charge is 0.368 e. The van der Waals surface area contributed by atoms with E-state index in [-0.39, 0.29) is 0 Å². The summed E-state index contributed by atoms with van der Waals surface area (Å²) in [4.78, 5) is 40.0. The first-order valence-electron chi connectivity index (χ1n) is 5.91. The molecule has 0 aromatic carbocycles. The molecule has 19 heavy (non-hydrogen) atoms. The topological polar surface area (TPSA) is 105 Å². The Morgan fingerprint density at radius 1 is 1.42 bits per heavy atom. The van der Waals surface area contributed by atoms with Crippen LogP contribution in [0.1, 0.15) is 12.8 Å². The Bertz CT molecular complexity index is 503. The average molecular weight is 262 g/mol. The molecular formula is C12H14N4O3. The van der Waals surface area contributed by atoms with Crippen molar-refractivity contribution in [1.29, 1.82) is 0 Å². The van der Waals surface area contributed by atoms with Crippen molar-refractivity contribution in [2.45, 2.75) is 18.9 Å². The first-order valence-corrected chi connectivity index (χ1v) is 5.91. The number of amides is 3. The zero-order chi connectivity index (χ0) is 13.8. The van der Waals surface area contributed by atoms with E-state index in [1.807, 2.05) is 0 Å². The zero-order valence-electron chi connectivity index (χ0n) is 10.2. The van der Waals surface area contributed by atoms with Gasteiger partial charge < -0.3 is 16.0 Å². The number of aromatic nitrogens is 1. The Balaban J connectivity index is 2.03. The normalized spacial score (nSPS) is 18.1. The van der Waals surface area contributed by atoms with Crippen molar-refractivity contribution in [2.75, 3.05) is 11.9 Å². The maximum Gasteiger partial charge on any atom is 0.313 e. The van der Waals surface area contributed by atoms with Crippen molar-refractivity contribution < 1.29 is 14.4 Å². The molecule has 0 spiro atoms. The van der Waals surface area contributed by atoms with E-state index in [9.17, 15) is 14.4 Å². The van der Waals surface area contributed by atoms with Crippen molar-refractivity contribution in [1.82, 2.24) is 9.88 Å². The Morgan fingerprint density at radius 2 is 2.21 bits per heavy atom. The van der Waals surface area contributed by atoms with Crippen LogP contribution in [-0.4, -0.2) is 40.2 Å². The van der Waals surface area contributed by atoms with E-state index in [0.717, 1.165) is 0 Å². The summed E-state index contributed by atoms with van der Waals surface area (Å²) >= 11 is 0. The number of likely N-dealkylation sites (tertiary alicyclic amines) is 1. The van der Waals surface area contributed by atoms with Crippen LogP contribution in [0.15, 0.2) is 24.5 Å². The van der Waals surface area contributed by atoms with Crippen molar-refractivity contribution in [3.8, 4) is 0 Å². The molecule has 1 unspecified atom stereocenters. The number of nitrogens with zero attached hydrogens (tertiary/aromatic N) is 2.